The van der Waals surface area contributed by atoms with Gasteiger partial charge in [-0.25, -0.2) is 4.79 Å². The first-order valence-corrected chi connectivity index (χ1v) is 11.2. The molecule has 3 amide bonds. The van der Waals surface area contributed by atoms with E-state index in [9.17, 15) is 24.3 Å². The topological polar surface area (TPSA) is 150 Å². The lowest BCUT2D eigenvalue weighted by Gasteiger charge is -2.22. The predicted octanol–water partition coefficient (Wildman–Crippen LogP) is 1.20. The van der Waals surface area contributed by atoms with Gasteiger partial charge in [0.2, 0.25) is 5.91 Å². The summed E-state index contributed by atoms with van der Waals surface area (Å²) in [6, 6.07) is 13.9. The van der Waals surface area contributed by atoms with E-state index < -0.39 is 41.8 Å². The lowest BCUT2D eigenvalue weighted by molar-refractivity contribution is -0.148. The number of primary amides is 1. The van der Waals surface area contributed by atoms with Crippen LogP contribution in [-0.2, 0) is 25.6 Å². The summed E-state index contributed by atoms with van der Waals surface area (Å²) in [5.74, 6) is -4.21. The molecule has 5 N–H and O–H groups in total. The maximum atomic E-state index is 12.6. The zero-order valence-electron chi connectivity index (χ0n) is 18.3. The van der Waals surface area contributed by atoms with Crippen LogP contribution >= 0.6 is 11.6 Å². The number of nitrogens with zero attached hydrogens (tertiary/aromatic N) is 1. The summed E-state index contributed by atoms with van der Waals surface area (Å²) in [6.07, 6.45) is -1.41. The van der Waals surface area contributed by atoms with Crippen molar-refractivity contribution in [3.05, 3.63) is 59.1 Å². The van der Waals surface area contributed by atoms with Crippen molar-refractivity contribution >= 4 is 35.3 Å². The fourth-order valence-corrected chi connectivity index (χ4v) is 4.11. The van der Waals surface area contributed by atoms with Crippen molar-refractivity contribution in [1.29, 1.82) is 0 Å². The normalized spacial score (nSPS) is 17.1. The first-order chi connectivity index (χ1) is 16.1. The highest BCUT2D eigenvalue weighted by atomic mass is 35.5. The van der Waals surface area contributed by atoms with E-state index in [4.69, 9.17) is 22.4 Å². The molecule has 3 atom stereocenters. The van der Waals surface area contributed by atoms with Crippen molar-refractivity contribution in [3.63, 3.8) is 0 Å². The van der Waals surface area contributed by atoms with Gasteiger partial charge in [-0.15, -0.1) is 0 Å². The zero-order valence-corrected chi connectivity index (χ0v) is 19.1. The number of aliphatic hydroxyl groups excluding tert-OH is 1. The number of rotatable bonds is 8. The monoisotopic (exact) mass is 487 g/mol. The highest BCUT2D eigenvalue weighted by molar-refractivity contribution is 6.35. The second-order valence-corrected chi connectivity index (χ2v) is 8.75. The number of nitrogens with two attached hydrogens (primary N) is 1. The lowest BCUT2D eigenvalue weighted by Crippen LogP contribution is -2.48. The number of benzene rings is 2. The average molecular weight is 488 g/mol. The Morgan fingerprint density at radius 1 is 1.12 bits per heavy atom. The molecular formula is C24H26ClN3O6. The summed E-state index contributed by atoms with van der Waals surface area (Å²) in [6.45, 7) is 0.294. The van der Waals surface area contributed by atoms with Gasteiger partial charge in [0.1, 0.15) is 0 Å². The van der Waals surface area contributed by atoms with Gasteiger partial charge in [0.15, 0.2) is 6.10 Å². The van der Waals surface area contributed by atoms with Gasteiger partial charge < -0.3 is 26.2 Å². The number of aliphatic hydroxyl groups is 1. The Hall–Kier alpha value is -3.43. The van der Waals surface area contributed by atoms with Crippen molar-refractivity contribution in [3.8, 4) is 11.1 Å². The van der Waals surface area contributed by atoms with Crippen LogP contribution in [0.5, 0.6) is 0 Å². The molecule has 3 rings (SSSR count). The van der Waals surface area contributed by atoms with Gasteiger partial charge in [-0.3, -0.25) is 14.4 Å². The van der Waals surface area contributed by atoms with Crippen LogP contribution < -0.4 is 11.1 Å². The highest BCUT2D eigenvalue weighted by Gasteiger charge is 2.33. The Labute approximate surface area is 201 Å². The third kappa shape index (κ3) is 6.55. The molecule has 0 spiro atoms. The van der Waals surface area contributed by atoms with Crippen LogP contribution in [0.15, 0.2) is 48.5 Å². The molecule has 0 radical (unpaired) electrons. The van der Waals surface area contributed by atoms with Gasteiger partial charge in [-0.05, 0) is 41.7 Å². The van der Waals surface area contributed by atoms with E-state index in [0.29, 0.717) is 11.4 Å². The Kier molecular flexibility index (Phi) is 8.25. The lowest BCUT2D eigenvalue weighted by atomic mass is 9.98. The van der Waals surface area contributed by atoms with Gasteiger partial charge in [-0.2, -0.15) is 0 Å². The molecule has 1 saturated heterocycles. The van der Waals surface area contributed by atoms with Gasteiger partial charge in [0.25, 0.3) is 0 Å². The minimum Gasteiger partial charge on any atom is -0.479 e. The number of hydrogen-bond donors (Lipinski definition) is 4. The Morgan fingerprint density at radius 2 is 1.82 bits per heavy atom. The maximum absolute atomic E-state index is 12.6. The van der Waals surface area contributed by atoms with Crippen LogP contribution in [0, 0.1) is 5.92 Å². The van der Waals surface area contributed by atoms with E-state index in [-0.39, 0.29) is 25.9 Å². The predicted molar refractivity (Wildman–Crippen MR) is 125 cm³/mol. The molecule has 1 aliphatic heterocycles. The number of carboxylic acids is 1. The Bertz CT molecular complexity index is 1070. The molecule has 2 aromatic rings. The van der Waals surface area contributed by atoms with Gasteiger partial charge in [0.05, 0.1) is 5.92 Å². The molecule has 2 aromatic carbocycles. The molecule has 34 heavy (non-hydrogen) atoms. The Balaban J connectivity index is 1.69. The van der Waals surface area contributed by atoms with Crippen molar-refractivity contribution in [2.45, 2.75) is 31.4 Å². The fraction of sp³-hybridized carbons (Fsp3) is 0.333. The van der Waals surface area contributed by atoms with Crippen LogP contribution in [0.25, 0.3) is 11.1 Å². The van der Waals surface area contributed by atoms with Crippen LogP contribution in [0.3, 0.4) is 0 Å². The second kappa shape index (κ2) is 11.1. The van der Waals surface area contributed by atoms with Gasteiger partial charge in [-0.1, -0.05) is 48.0 Å². The third-order valence-corrected chi connectivity index (χ3v) is 6.03. The van der Waals surface area contributed by atoms with E-state index in [1.165, 1.54) is 4.90 Å². The molecule has 10 heteroatoms. The molecule has 1 fully saturated rings. The number of halogens is 1. The summed E-state index contributed by atoms with van der Waals surface area (Å²) in [5, 5.41) is 22.1. The molecule has 9 nitrogen and oxygen atoms in total. The number of hydrogen-bond acceptors (Lipinski definition) is 5. The minimum atomic E-state index is -1.71. The van der Waals surface area contributed by atoms with Crippen LogP contribution in [-0.4, -0.2) is 64.0 Å². The number of likely N-dealkylation sites (tertiary alicyclic amines) is 1. The van der Waals surface area contributed by atoms with Crippen molar-refractivity contribution < 1.29 is 29.4 Å². The van der Waals surface area contributed by atoms with Crippen LogP contribution in [0.1, 0.15) is 18.4 Å². The van der Waals surface area contributed by atoms with E-state index in [1.54, 1.807) is 6.07 Å². The quantitative estimate of drug-likeness (QED) is 0.411. The van der Waals surface area contributed by atoms with E-state index in [1.807, 2.05) is 42.5 Å². The number of aliphatic carboxylic acids is 1. The summed E-state index contributed by atoms with van der Waals surface area (Å²) < 4.78 is 0. The SMILES string of the molecule is NC(=O)C1CCN(C(=O)C(=O)NC(Cc2ccc(-c3cccc(Cl)c3)cc2)C[C@@H](O)C(=O)O)C1. The number of carboxylic acid groups (broad SMARTS) is 1. The van der Waals surface area contributed by atoms with E-state index in [2.05, 4.69) is 5.32 Å². The third-order valence-electron chi connectivity index (χ3n) is 5.79. The highest BCUT2D eigenvalue weighted by Crippen LogP contribution is 2.23. The van der Waals surface area contributed by atoms with Crippen molar-refractivity contribution in [1.82, 2.24) is 10.2 Å². The molecule has 1 aliphatic rings. The average Bonchev–Trinajstić information content (AvgIpc) is 3.29. The molecule has 0 bridgehead atoms. The second-order valence-electron chi connectivity index (χ2n) is 8.31. The minimum absolute atomic E-state index is 0.0645. The van der Waals surface area contributed by atoms with E-state index in [0.717, 1.165) is 16.7 Å². The van der Waals surface area contributed by atoms with Crippen LogP contribution in [0.4, 0.5) is 0 Å². The smallest absolute Gasteiger partial charge is 0.332 e. The summed E-state index contributed by atoms with van der Waals surface area (Å²) in [5.41, 5.74) is 7.90. The van der Waals surface area contributed by atoms with Gasteiger partial charge in [0, 0.05) is 30.6 Å². The number of carbonyl (C=O) groups excluding carboxylic acids is 3. The molecular weight excluding hydrogens is 462 g/mol. The van der Waals surface area contributed by atoms with Crippen molar-refractivity contribution in [2.75, 3.05) is 13.1 Å². The van der Waals surface area contributed by atoms with E-state index >= 15 is 0 Å². The van der Waals surface area contributed by atoms with Crippen LogP contribution in [0.2, 0.25) is 5.02 Å². The number of carbonyl (C=O) groups is 4. The zero-order chi connectivity index (χ0) is 24.8. The standard InChI is InChI=1S/C24H26ClN3O6/c25-18-3-1-2-16(11-18)15-6-4-14(5-7-15)10-19(12-20(29)24(33)34)27-22(31)23(32)28-9-8-17(13-28)21(26)30/h1-7,11,17,19-20,29H,8-10,12-13H2,(H2,26,30)(H,27,31)(H,33,34)/t17?,19?,20-/m1/s1. The number of nitrogens with one attached hydrogen (secondary N) is 1. The molecule has 1 heterocycles. The van der Waals surface area contributed by atoms with Gasteiger partial charge >= 0.3 is 17.8 Å². The maximum Gasteiger partial charge on any atom is 0.332 e. The molecule has 2 unspecified atom stereocenters. The summed E-state index contributed by atoms with van der Waals surface area (Å²) >= 11 is 6.05. The van der Waals surface area contributed by atoms with Crippen molar-refractivity contribution in [2.24, 2.45) is 11.7 Å². The molecule has 0 saturated carbocycles. The Morgan fingerprint density at radius 3 is 2.41 bits per heavy atom. The largest absolute Gasteiger partial charge is 0.479 e. The molecule has 0 aliphatic carbocycles. The fourth-order valence-electron chi connectivity index (χ4n) is 3.92. The summed E-state index contributed by atoms with van der Waals surface area (Å²) in [4.78, 5) is 48.8. The summed E-state index contributed by atoms with van der Waals surface area (Å²) in [7, 11) is 0. The number of amides is 3. The first-order valence-electron chi connectivity index (χ1n) is 10.8. The first kappa shape index (κ1) is 25.2. The molecule has 0 aromatic heterocycles. The molecule has 180 valence electrons.